The van der Waals surface area contributed by atoms with Crippen molar-refractivity contribution in [1.82, 2.24) is 0 Å². The van der Waals surface area contributed by atoms with Crippen molar-refractivity contribution in [1.29, 1.82) is 0 Å². The van der Waals surface area contributed by atoms with Crippen molar-refractivity contribution in [3.63, 3.8) is 0 Å². The van der Waals surface area contributed by atoms with E-state index in [9.17, 15) is 0 Å². The number of hydrogen-bond acceptors (Lipinski definition) is 2. The van der Waals surface area contributed by atoms with E-state index in [1.807, 2.05) is 11.8 Å². The summed E-state index contributed by atoms with van der Waals surface area (Å²) in [6.45, 7) is 5.04. The average Bonchev–Trinajstić information content (AvgIpc) is 2.17. The molecule has 0 aliphatic rings. The second-order valence-corrected chi connectivity index (χ2v) is 4.57. The van der Waals surface area contributed by atoms with Crippen molar-refractivity contribution in [3.8, 4) is 0 Å². The molecule has 2 heteroatoms. The van der Waals surface area contributed by atoms with Gasteiger partial charge in [0.05, 0.1) is 0 Å². The van der Waals surface area contributed by atoms with Crippen LogP contribution in [0.25, 0.3) is 0 Å². The molecular weight excluding hydrogens is 178 g/mol. The van der Waals surface area contributed by atoms with Crippen LogP contribution in [-0.4, -0.2) is 11.8 Å². The molecule has 1 rings (SSSR count). The van der Waals surface area contributed by atoms with Crippen molar-refractivity contribution in [2.45, 2.75) is 30.4 Å². The lowest BCUT2D eigenvalue weighted by Gasteiger charge is -2.11. The first-order valence-corrected chi connectivity index (χ1v) is 5.57. The molecule has 1 atom stereocenters. The van der Waals surface area contributed by atoms with Gasteiger partial charge in [0.2, 0.25) is 0 Å². The Balaban J connectivity index is 2.58. The van der Waals surface area contributed by atoms with Crippen LogP contribution in [0.1, 0.15) is 18.9 Å². The van der Waals surface area contributed by atoms with Crippen LogP contribution in [0.5, 0.6) is 0 Å². The minimum Gasteiger partial charge on any atom is -0.329 e. The summed E-state index contributed by atoms with van der Waals surface area (Å²) in [5, 5.41) is 0.558. The van der Waals surface area contributed by atoms with Gasteiger partial charge in [-0.2, -0.15) is 0 Å². The molecule has 0 radical (unpaired) electrons. The summed E-state index contributed by atoms with van der Waals surface area (Å²) in [6, 6.07) is 8.62. The van der Waals surface area contributed by atoms with Crippen molar-refractivity contribution < 1.29 is 0 Å². The number of rotatable bonds is 4. The normalized spacial score (nSPS) is 12.8. The number of benzene rings is 1. The lowest BCUT2D eigenvalue weighted by molar-refractivity contribution is 0.827. The smallest absolute Gasteiger partial charge is 0.0214 e. The van der Waals surface area contributed by atoms with Crippen LogP contribution in [0.2, 0.25) is 0 Å². The van der Waals surface area contributed by atoms with E-state index in [1.165, 1.54) is 10.5 Å². The molecule has 2 N–H and O–H groups in total. The predicted molar refractivity (Wildman–Crippen MR) is 60.2 cm³/mol. The third-order valence-electron chi connectivity index (χ3n) is 2.04. The monoisotopic (exact) mass is 195 g/mol. The molecule has 0 heterocycles. The highest BCUT2D eigenvalue weighted by molar-refractivity contribution is 8.00. The van der Waals surface area contributed by atoms with Gasteiger partial charge >= 0.3 is 0 Å². The average molecular weight is 195 g/mol. The summed E-state index contributed by atoms with van der Waals surface area (Å²) >= 11 is 1.87. The maximum absolute atomic E-state index is 5.64. The van der Waals surface area contributed by atoms with E-state index in [0.717, 1.165) is 13.0 Å². The fraction of sp³-hybridized carbons (Fsp3) is 0.455. The SMILES string of the molecule is CCC(CN)Sc1ccc(C)cc1. The molecule has 0 fully saturated rings. The quantitative estimate of drug-likeness (QED) is 0.748. The van der Waals surface area contributed by atoms with Crippen molar-refractivity contribution in [2.24, 2.45) is 5.73 Å². The molecule has 0 bridgehead atoms. The van der Waals surface area contributed by atoms with Crippen LogP contribution in [0.4, 0.5) is 0 Å². The Labute approximate surface area is 84.7 Å². The first-order chi connectivity index (χ1) is 6.26. The summed E-state index contributed by atoms with van der Waals surface area (Å²) in [5.41, 5.74) is 6.95. The molecule has 0 saturated heterocycles. The highest BCUT2D eigenvalue weighted by Crippen LogP contribution is 2.24. The zero-order chi connectivity index (χ0) is 9.68. The number of hydrogen-bond donors (Lipinski definition) is 1. The van der Waals surface area contributed by atoms with Crippen LogP contribution in [-0.2, 0) is 0 Å². The van der Waals surface area contributed by atoms with Gasteiger partial charge in [-0.15, -0.1) is 11.8 Å². The molecule has 0 amide bonds. The molecule has 1 aromatic carbocycles. The molecule has 0 spiro atoms. The van der Waals surface area contributed by atoms with Gasteiger partial charge in [0.25, 0.3) is 0 Å². The van der Waals surface area contributed by atoms with Gasteiger partial charge in [0.15, 0.2) is 0 Å². The van der Waals surface area contributed by atoms with Gasteiger partial charge in [-0.05, 0) is 25.5 Å². The Kier molecular flexibility index (Phi) is 4.33. The van der Waals surface area contributed by atoms with Gasteiger partial charge in [-0.1, -0.05) is 24.6 Å². The molecule has 13 heavy (non-hydrogen) atoms. The zero-order valence-corrected chi connectivity index (χ0v) is 9.10. The maximum atomic E-state index is 5.64. The Morgan fingerprint density at radius 2 is 1.92 bits per heavy atom. The predicted octanol–water partition coefficient (Wildman–Crippen LogP) is 2.82. The fourth-order valence-corrected chi connectivity index (χ4v) is 2.05. The third-order valence-corrected chi connectivity index (χ3v) is 3.45. The van der Waals surface area contributed by atoms with E-state index in [4.69, 9.17) is 5.73 Å². The molecule has 1 aromatic rings. The Morgan fingerprint density at radius 1 is 1.31 bits per heavy atom. The molecule has 1 unspecified atom stereocenters. The van der Waals surface area contributed by atoms with Gasteiger partial charge in [0, 0.05) is 16.7 Å². The molecule has 0 saturated carbocycles. The minimum atomic E-state index is 0.558. The zero-order valence-electron chi connectivity index (χ0n) is 8.29. The van der Waals surface area contributed by atoms with Crippen LogP contribution >= 0.6 is 11.8 Å². The Hall–Kier alpha value is -0.470. The van der Waals surface area contributed by atoms with Crippen LogP contribution in [0.15, 0.2) is 29.2 Å². The second-order valence-electron chi connectivity index (χ2n) is 3.20. The van der Waals surface area contributed by atoms with Gasteiger partial charge in [-0.25, -0.2) is 0 Å². The maximum Gasteiger partial charge on any atom is 0.0214 e. The van der Waals surface area contributed by atoms with Gasteiger partial charge in [-0.3, -0.25) is 0 Å². The number of aryl methyl sites for hydroxylation is 1. The highest BCUT2D eigenvalue weighted by atomic mass is 32.2. The van der Waals surface area contributed by atoms with Crippen LogP contribution in [0, 0.1) is 6.92 Å². The molecule has 0 aliphatic carbocycles. The fourth-order valence-electron chi connectivity index (χ4n) is 1.11. The van der Waals surface area contributed by atoms with Gasteiger partial charge in [0.1, 0.15) is 0 Å². The van der Waals surface area contributed by atoms with Crippen molar-refractivity contribution in [3.05, 3.63) is 29.8 Å². The second kappa shape index (κ2) is 5.30. The van der Waals surface area contributed by atoms with E-state index in [-0.39, 0.29) is 0 Å². The number of nitrogens with two attached hydrogens (primary N) is 1. The lowest BCUT2D eigenvalue weighted by atomic mass is 10.2. The molecular formula is C11H17NS. The van der Waals surface area contributed by atoms with Gasteiger partial charge < -0.3 is 5.73 Å². The molecule has 0 aliphatic heterocycles. The summed E-state index contributed by atoms with van der Waals surface area (Å²) in [4.78, 5) is 1.32. The largest absolute Gasteiger partial charge is 0.329 e. The summed E-state index contributed by atoms with van der Waals surface area (Å²) < 4.78 is 0. The Morgan fingerprint density at radius 3 is 2.38 bits per heavy atom. The molecule has 0 aromatic heterocycles. The molecule has 1 nitrogen and oxygen atoms in total. The highest BCUT2D eigenvalue weighted by Gasteiger charge is 2.04. The van der Waals surface area contributed by atoms with Crippen molar-refractivity contribution in [2.75, 3.05) is 6.54 Å². The Bertz CT molecular complexity index is 239. The summed E-state index contributed by atoms with van der Waals surface area (Å²) in [5.74, 6) is 0. The van der Waals surface area contributed by atoms with E-state index in [2.05, 4.69) is 38.1 Å². The summed E-state index contributed by atoms with van der Waals surface area (Å²) in [7, 11) is 0. The first-order valence-electron chi connectivity index (χ1n) is 4.69. The third kappa shape index (κ3) is 3.41. The van der Waals surface area contributed by atoms with Crippen molar-refractivity contribution >= 4 is 11.8 Å². The van der Waals surface area contributed by atoms with E-state index in [1.54, 1.807) is 0 Å². The molecule has 72 valence electrons. The number of thioether (sulfide) groups is 1. The van der Waals surface area contributed by atoms with E-state index in [0.29, 0.717) is 5.25 Å². The summed E-state index contributed by atoms with van der Waals surface area (Å²) in [6.07, 6.45) is 1.13. The van der Waals surface area contributed by atoms with E-state index >= 15 is 0 Å². The van der Waals surface area contributed by atoms with E-state index < -0.39 is 0 Å². The first kappa shape index (κ1) is 10.6. The topological polar surface area (TPSA) is 26.0 Å². The van der Waals surface area contributed by atoms with Crippen LogP contribution < -0.4 is 5.73 Å². The lowest BCUT2D eigenvalue weighted by Crippen LogP contribution is -2.15. The van der Waals surface area contributed by atoms with Crippen LogP contribution in [0.3, 0.4) is 0 Å². The minimum absolute atomic E-state index is 0.558. The standard InChI is InChI=1S/C11H17NS/c1-3-10(8-12)13-11-6-4-9(2)5-7-11/h4-7,10H,3,8,12H2,1-2H3.